The molecular formula is C18H27N3. The minimum absolute atomic E-state index is 0.709. The maximum Gasteiger partial charge on any atom is 0.0397 e. The van der Waals surface area contributed by atoms with Gasteiger partial charge >= 0.3 is 0 Å². The maximum atomic E-state index is 3.84. The minimum Gasteiger partial charge on any atom is -0.374 e. The van der Waals surface area contributed by atoms with Crippen LogP contribution in [-0.4, -0.2) is 43.7 Å². The summed E-state index contributed by atoms with van der Waals surface area (Å²) in [4.78, 5) is 5.07. The Kier molecular flexibility index (Phi) is 3.64. The molecule has 114 valence electrons. The normalized spacial score (nSPS) is 28.7. The van der Waals surface area contributed by atoms with Gasteiger partial charge in [-0.3, -0.25) is 4.90 Å². The van der Waals surface area contributed by atoms with Crippen LogP contribution in [0.15, 0.2) is 18.2 Å². The molecule has 2 saturated heterocycles. The van der Waals surface area contributed by atoms with Crippen molar-refractivity contribution in [1.82, 2.24) is 10.2 Å². The van der Waals surface area contributed by atoms with Gasteiger partial charge in [0, 0.05) is 44.5 Å². The molecule has 4 rings (SSSR count). The van der Waals surface area contributed by atoms with Gasteiger partial charge in [-0.1, -0.05) is 18.6 Å². The van der Waals surface area contributed by atoms with Crippen LogP contribution in [0.1, 0.15) is 36.8 Å². The highest BCUT2D eigenvalue weighted by Gasteiger charge is 2.34. The van der Waals surface area contributed by atoms with Gasteiger partial charge in [0.05, 0.1) is 0 Å². The molecule has 3 heteroatoms. The van der Waals surface area contributed by atoms with Crippen molar-refractivity contribution in [3.8, 4) is 0 Å². The van der Waals surface area contributed by atoms with Crippen molar-refractivity contribution in [2.45, 2.75) is 50.7 Å². The Morgan fingerprint density at radius 1 is 1.14 bits per heavy atom. The van der Waals surface area contributed by atoms with Gasteiger partial charge in [-0.15, -0.1) is 0 Å². The van der Waals surface area contributed by atoms with E-state index < -0.39 is 0 Å². The molecule has 0 radical (unpaired) electrons. The van der Waals surface area contributed by atoms with Crippen LogP contribution in [0.3, 0.4) is 0 Å². The minimum atomic E-state index is 0.709. The first-order chi connectivity index (χ1) is 10.3. The number of hydrogen-bond acceptors (Lipinski definition) is 3. The molecule has 0 aliphatic carbocycles. The zero-order chi connectivity index (χ0) is 14.2. The van der Waals surface area contributed by atoms with Gasteiger partial charge in [-0.05, 0) is 49.4 Å². The highest BCUT2D eigenvalue weighted by atomic mass is 15.2. The van der Waals surface area contributed by atoms with Crippen molar-refractivity contribution in [3.63, 3.8) is 0 Å². The lowest BCUT2D eigenvalue weighted by molar-refractivity contribution is 0.180. The van der Waals surface area contributed by atoms with Crippen LogP contribution in [-0.2, 0) is 13.0 Å². The second kappa shape index (κ2) is 5.62. The zero-order valence-corrected chi connectivity index (χ0v) is 13.1. The molecule has 3 aliphatic rings. The summed E-state index contributed by atoms with van der Waals surface area (Å²) >= 11 is 0. The largest absolute Gasteiger partial charge is 0.374 e. The van der Waals surface area contributed by atoms with E-state index in [1.54, 1.807) is 0 Å². The second-order valence-corrected chi connectivity index (χ2v) is 7.01. The Balaban J connectivity index is 1.39. The molecule has 0 saturated carbocycles. The number of nitrogens with zero attached hydrogens (tertiary/aromatic N) is 2. The van der Waals surface area contributed by atoms with Crippen molar-refractivity contribution in [1.29, 1.82) is 0 Å². The summed E-state index contributed by atoms with van der Waals surface area (Å²) in [5, 5.41) is 3.84. The summed E-state index contributed by atoms with van der Waals surface area (Å²) < 4.78 is 0. The summed E-state index contributed by atoms with van der Waals surface area (Å²) in [6, 6.07) is 8.54. The molecule has 3 aliphatic heterocycles. The molecule has 1 N–H and O–H groups in total. The van der Waals surface area contributed by atoms with Crippen LogP contribution in [0.4, 0.5) is 5.69 Å². The summed E-state index contributed by atoms with van der Waals surface area (Å²) in [5.41, 5.74) is 4.42. The highest BCUT2D eigenvalue weighted by molar-refractivity contribution is 5.58. The first-order valence-electron chi connectivity index (χ1n) is 8.61. The lowest BCUT2D eigenvalue weighted by Crippen LogP contribution is -2.44. The van der Waals surface area contributed by atoms with Crippen molar-refractivity contribution in [3.05, 3.63) is 29.3 Å². The zero-order valence-electron chi connectivity index (χ0n) is 13.1. The standard InChI is InChI=1S/C18H27N3/c1-20-10-7-15-12-14(5-6-17(15)20)13-19-16-8-11-21-9-3-2-4-18(16)21/h5-6,12,16,18-19H,2-4,7-11,13H2,1H3. The van der Waals surface area contributed by atoms with Gasteiger partial charge in [-0.2, -0.15) is 0 Å². The maximum absolute atomic E-state index is 3.84. The van der Waals surface area contributed by atoms with Gasteiger partial charge in [0.1, 0.15) is 0 Å². The molecule has 2 unspecified atom stereocenters. The van der Waals surface area contributed by atoms with Crippen LogP contribution in [0, 0.1) is 0 Å². The Labute approximate surface area is 128 Å². The smallest absolute Gasteiger partial charge is 0.0397 e. The molecule has 2 fully saturated rings. The first-order valence-corrected chi connectivity index (χ1v) is 8.61. The van der Waals surface area contributed by atoms with Crippen molar-refractivity contribution >= 4 is 5.69 Å². The SMILES string of the molecule is CN1CCc2cc(CNC3CCN4CCCCC34)ccc21. The fourth-order valence-electron chi connectivity index (χ4n) is 4.46. The Bertz CT molecular complexity index is 513. The summed E-state index contributed by atoms with van der Waals surface area (Å²) in [6.45, 7) is 4.84. The highest BCUT2D eigenvalue weighted by Crippen LogP contribution is 2.29. The second-order valence-electron chi connectivity index (χ2n) is 7.01. The number of anilines is 1. The number of fused-ring (bicyclic) bond motifs is 2. The van der Waals surface area contributed by atoms with Crippen LogP contribution in [0.5, 0.6) is 0 Å². The number of nitrogens with one attached hydrogen (secondary N) is 1. The fraction of sp³-hybridized carbons (Fsp3) is 0.667. The first kappa shape index (κ1) is 13.6. The number of likely N-dealkylation sites (N-methyl/N-ethyl adjacent to an activating group) is 1. The van der Waals surface area contributed by atoms with Crippen LogP contribution in [0.2, 0.25) is 0 Å². The van der Waals surface area contributed by atoms with E-state index in [1.165, 1.54) is 68.6 Å². The van der Waals surface area contributed by atoms with Crippen LogP contribution in [0.25, 0.3) is 0 Å². The molecule has 0 aromatic heterocycles. The third kappa shape index (κ3) is 2.58. The van der Waals surface area contributed by atoms with E-state index in [1.807, 2.05) is 0 Å². The Morgan fingerprint density at radius 2 is 2.10 bits per heavy atom. The molecule has 21 heavy (non-hydrogen) atoms. The predicted octanol–water partition coefficient (Wildman–Crippen LogP) is 2.40. The molecule has 3 heterocycles. The average Bonchev–Trinajstić information content (AvgIpc) is 3.09. The van der Waals surface area contributed by atoms with Gasteiger partial charge in [0.25, 0.3) is 0 Å². The quantitative estimate of drug-likeness (QED) is 0.920. The van der Waals surface area contributed by atoms with Crippen LogP contribution < -0.4 is 10.2 Å². The molecule has 1 aromatic carbocycles. The molecule has 3 nitrogen and oxygen atoms in total. The number of hydrogen-bond donors (Lipinski definition) is 1. The molecule has 2 atom stereocenters. The van der Waals surface area contributed by atoms with Crippen molar-refractivity contribution in [2.24, 2.45) is 0 Å². The lowest BCUT2D eigenvalue weighted by Gasteiger charge is -2.32. The van der Waals surface area contributed by atoms with Gasteiger partial charge in [0.2, 0.25) is 0 Å². The summed E-state index contributed by atoms with van der Waals surface area (Å²) in [5.74, 6) is 0. The monoisotopic (exact) mass is 285 g/mol. The molecule has 0 amide bonds. The van der Waals surface area contributed by atoms with Gasteiger partial charge in [-0.25, -0.2) is 0 Å². The molecule has 1 aromatic rings. The van der Waals surface area contributed by atoms with Gasteiger partial charge < -0.3 is 10.2 Å². The molecule has 0 spiro atoms. The van der Waals surface area contributed by atoms with E-state index in [2.05, 4.69) is 40.4 Å². The van der Waals surface area contributed by atoms with E-state index in [4.69, 9.17) is 0 Å². The predicted molar refractivity (Wildman–Crippen MR) is 87.9 cm³/mol. The van der Waals surface area contributed by atoms with E-state index in [9.17, 15) is 0 Å². The fourth-order valence-corrected chi connectivity index (χ4v) is 4.46. The van der Waals surface area contributed by atoms with E-state index in [0.717, 1.165) is 12.6 Å². The Morgan fingerprint density at radius 3 is 3.05 bits per heavy atom. The Hall–Kier alpha value is -1.06. The molecular weight excluding hydrogens is 258 g/mol. The van der Waals surface area contributed by atoms with E-state index in [-0.39, 0.29) is 0 Å². The number of benzene rings is 1. The number of rotatable bonds is 3. The van der Waals surface area contributed by atoms with E-state index in [0.29, 0.717) is 6.04 Å². The average molecular weight is 285 g/mol. The lowest BCUT2D eigenvalue weighted by atomic mass is 9.98. The molecule has 0 bridgehead atoms. The topological polar surface area (TPSA) is 18.5 Å². The van der Waals surface area contributed by atoms with Crippen LogP contribution >= 0.6 is 0 Å². The third-order valence-electron chi connectivity index (χ3n) is 5.70. The van der Waals surface area contributed by atoms with Crippen molar-refractivity contribution < 1.29 is 0 Å². The van der Waals surface area contributed by atoms with E-state index >= 15 is 0 Å². The summed E-state index contributed by atoms with van der Waals surface area (Å²) in [7, 11) is 2.19. The number of piperidine rings is 1. The summed E-state index contributed by atoms with van der Waals surface area (Å²) in [6.07, 6.45) is 6.76. The van der Waals surface area contributed by atoms with Gasteiger partial charge in [0.15, 0.2) is 0 Å². The van der Waals surface area contributed by atoms with Crippen molar-refractivity contribution in [2.75, 3.05) is 31.6 Å². The third-order valence-corrected chi connectivity index (χ3v) is 5.70.